The van der Waals surface area contributed by atoms with Gasteiger partial charge in [-0.25, -0.2) is 0 Å². The smallest absolute Gasteiger partial charge is 0.208 e. The number of hydrogen-bond donors (Lipinski definition) is 8. The van der Waals surface area contributed by atoms with Crippen LogP contribution in [-0.4, -0.2) is 140 Å². The largest absolute Gasteiger partial charge is 0.472 e. The summed E-state index contributed by atoms with van der Waals surface area (Å²) in [6.07, 6.45) is -13.5. The Labute approximate surface area is 199 Å². The molecule has 4 aliphatic heterocycles. The van der Waals surface area contributed by atoms with Crippen LogP contribution in [0.2, 0.25) is 0 Å². The minimum Gasteiger partial charge on any atom is -0.472 e. The Bertz CT molecular complexity index is 796. The second-order valence-corrected chi connectivity index (χ2v) is 9.70. The van der Waals surface area contributed by atoms with Crippen LogP contribution < -0.4 is 0 Å². The lowest BCUT2D eigenvalue weighted by Crippen LogP contribution is -2.60. The van der Waals surface area contributed by atoms with E-state index in [9.17, 15) is 40.9 Å². The van der Waals surface area contributed by atoms with E-state index in [2.05, 4.69) is 0 Å². The summed E-state index contributed by atoms with van der Waals surface area (Å²) in [5.74, 6) is -1.17. The first kappa shape index (κ1) is 25.7. The van der Waals surface area contributed by atoms with Gasteiger partial charge in [0.15, 0.2) is 12.6 Å². The predicted molar refractivity (Wildman–Crippen MR) is 108 cm³/mol. The van der Waals surface area contributed by atoms with Gasteiger partial charge < -0.3 is 69.3 Å². The summed E-state index contributed by atoms with van der Waals surface area (Å²) in [5.41, 5.74) is -1.15. The molecule has 5 aliphatic rings. The van der Waals surface area contributed by atoms with Gasteiger partial charge in [0.1, 0.15) is 54.4 Å². The van der Waals surface area contributed by atoms with Crippen molar-refractivity contribution in [2.45, 2.75) is 92.4 Å². The molecule has 0 spiro atoms. The van der Waals surface area contributed by atoms with Crippen LogP contribution in [0.1, 0.15) is 6.92 Å². The Morgan fingerprint density at radius 3 is 2.11 bits per heavy atom. The molecule has 4 fully saturated rings. The highest BCUT2D eigenvalue weighted by Crippen LogP contribution is 2.61. The zero-order chi connectivity index (χ0) is 25.2. The molecule has 0 bridgehead atoms. The third kappa shape index (κ3) is 4.01. The molecule has 0 amide bonds. The SMILES string of the molecule is CC1OC(OC2C3C=COC(OC4OC(CO)C(O)C(O)C4O)C3C3(CO)OC23)C(O)C(O)C1O. The molecular weight excluding hydrogens is 476 g/mol. The highest BCUT2D eigenvalue weighted by molar-refractivity contribution is 5.25. The van der Waals surface area contributed by atoms with Crippen LogP contribution in [0, 0.1) is 11.8 Å². The van der Waals surface area contributed by atoms with Crippen molar-refractivity contribution in [1.82, 2.24) is 0 Å². The Balaban J connectivity index is 1.34. The second-order valence-electron chi connectivity index (χ2n) is 9.70. The van der Waals surface area contributed by atoms with Gasteiger partial charge in [-0.15, -0.1) is 0 Å². The maximum Gasteiger partial charge on any atom is 0.208 e. The monoisotopic (exact) mass is 508 g/mol. The third-order valence-corrected chi connectivity index (χ3v) is 7.70. The Morgan fingerprint density at radius 1 is 0.800 bits per heavy atom. The number of fused-ring (bicyclic) bond motifs is 3. The number of hydrogen-bond acceptors (Lipinski definition) is 14. The highest BCUT2D eigenvalue weighted by atomic mass is 16.8. The Morgan fingerprint density at radius 2 is 1.46 bits per heavy atom. The van der Waals surface area contributed by atoms with E-state index in [1.54, 1.807) is 6.08 Å². The van der Waals surface area contributed by atoms with E-state index < -0.39 is 111 Å². The van der Waals surface area contributed by atoms with Gasteiger partial charge in [0, 0.05) is 5.92 Å². The van der Waals surface area contributed by atoms with Gasteiger partial charge in [0.25, 0.3) is 0 Å². The van der Waals surface area contributed by atoms with Crippen LogP contribution in [0.3, 0.4) is 0 Å². The first-order chi connectivity index (χ1) is 16.6. The standard InChI is InChI=1S/C21H32O14/c1-6-10(24)12(26)14(28)19(31-6)33-16-7-2-3-30-18(9(7)21(5-23)17(16)35-21)34-20-15(29)13(27)11(25)8(4-22)32-20/h2-3,6-20,22-29H,4-5H2,1H3. The van der Waals surface area contributed by atoms with Crippen LogP contribution in [0.4, 0.5) is 0 Å². The normalized spacial score (nSPS) is 57.3. The van der Waals surface area contributed by atoms with Gasteiger partial charge in [-0.05, 0) is 13.0 Å². The molecule has 14 nitrogen and oxygen atoms in total. The van der Waals surface area contributed by atoms with Crippen LogP contribution in [0.15, 0.2) is 12.3 Å². The molecule has 3 saturated heterocycles. The lowest BCUT2D eigenvalue weighted by Gasteiger charge is -2.44. The van der Waals surface area contributed by atoms with E-state index in [1.165, 1.54) is 13.2 Å². The first-order valence-electron chi connectivity index (χ1n) is 11.6. The summed E-state index contributed by atoms with van der Waals surface area (Å²) >= 11 is 0. The van der Waals surface area contributed by atoms with Crippen LogP contribution in [0.5, 0.6) is 0 Å². The molecule has 8 N–H and O–H groups in total. The molecule has 0 radical (unpaired) electrons. The van der Waals surface area contributed by atoms with Gasteiger partial charge in [-0.3, -0.25) is 0 Å². The minimum absolute atomic E-state index is 0.434. The number of rotatable bonds is 6. The molecule has 16 atom stereocenters. The average molecular weight is 508 g/mol. The molecule has 1 aliphatic carbocycles. The van der Waals surface area contributed by atoms with Gasteiger partial charge in [-0.1, -0.05) is 0 Å². The van der Waals surface area contributed by atoms with Crippen molar-refractivity contribution < 1.29 is 69.3 Å². The lowest BCUT2D eigenvalue weighted by molar-refractivity contribution is -0.347. The lowest BCUT2D eigenvalue weighted by atomic mass is 9.85. The number of ether oxygens (including phenoxy) is 6. The average Bonchev–Trinajstić information content (AvgIpc) is 3.53. The molecule has 5 rings (SSSR count). The second kappa shape index (κ2) is 9.40. The summed E-state index contributed by atoms with van der Waals surface area (Å²) in [6.45, 7) is 0.459. The first-order valence-corrected chi connectivity index (χ1v) is 11.6. The van der Waals surface area contributed by atoms with Crippen molar-refractivity contribution in [2.75, 3.05) is 13.2 Å². The number of epoxide rings is 1. The van der Waals surface area contributed by atoms with Crippen molar-refractivity contribution in [3.05, 3.63) is 12.3 Å². The van der Waals surface area contributed by atoms with E-state index in [-0.39, 0.29) is 0 Å². The van der Waals surface area contributed by atoms with Crippen molar-refractivity contribution in [2.24, 2.45) is 11.8 Å². The summed E-state index contributed by atoms with van der Waals surface area (Å²) < 4.78 is 34.2. The zero-order valence-electron chi connectivity index (χ0n) is 18.8. The maximum absolute atomic E-state index is 10.4. The number of aliphatic hydroxyl groups excluding tert-OH is 8. The summed E-state index contributed by atoms with van der Waals surface area (Å²) in [7, 11) is 0. The molecule has 16 unspecified atom stereocenters. The van der Waals surface area contributed by atoms with E-state index in [4.69, 9.17) is 28.4 Å². The van der Waals surface area contributed by atoms with E-state index in [0.29, 0.717) is 0 Å². The summed E-state index contributed by atoms with van der Waals surface area (Å²) in [6, 6.07) is 0. The van der Waals surface area contributed by atoms with Crippen molar-refractivity contribution in [3.8, 4) is 0 Å². The molecule has 4 heterocycles. The van der Waals surface area contributed by atoms with Gasteiger partial charge in [0.2, 0.25) is 6.29 Å². The van der Waals surface area contributed by atoms with E-state index in [0.717, 1.165) is 0 Å². The third-order valence-electron chi connectivity index (χ3n) is 7.70. The summed E-state index contributed by atoms with van der Waals surface area (Å²) in [5, 5.41) is 80.4. The quantitative estimate of drug-likeness (QED) is 0.158. The minimum atomic E-state index is -1.66. The molecule has 35 heavy (non-hydrogen) atoms. The molecule has 0 aromatic rings. The fraction of sp³-hybridized carbons (Fsp3) is 0.905. The van der Waals surface area contributed by atoms with Crippen LogP contribution in [0.25, 0.3) is 0 Å². The van der Waals surface area contributed by atoms with E-state index in [1.807, 2.05) is 0 Å². The molecule has 0 aromatic carbocycles. The number of aliphatic hydroxyl groups is 8. The zero-order valence-corrected chi connectivity index (χ0v) is 18.8. The van der Waals surface area contributed by atoms with Crippen molar-refractivity contribution in [3.63, 3.8) is 0 Å². The van der Waals surface area contributed by atoms with Crippen LogP contribution in [-0.2, 0) is 28.4 Å². The molecule has 200 valence electrons. The summed E-state index contributed by atoms with van der Waals surface area (Å²) in [4.78, 5) is 0. The Kier molecular flexibility index (Phi) is 6.89. The van der Waals surface area contributed by atoms with Gasteiger partial charge >= 0.3 is 0 Å². The van der Waals surface area contributed by atoms with Crippen molar-refractivity contribution >= 4 is 0 Å². The Hall–Kier alpha value is -0.980. The fourth-order valence-corrected chi connectivity index (χ4v) is 5.59. The maximum atomic E-state index is 10.4. The van der Waals surface area contributed by atoms with Gasteiger partial charge in [0.05, 0.1) is 37.6 Å². The molecular formula is C21H32O14. The predicted octanol–water partition coefficient (Wildman–Crippen LogP) is -4.74. The van der Waals surface area contributed by atoms with Gasteiger partial charge in [-0.2, -0.15) is 0 Å². The molecule has 1 saturated carbocycles. The topological polar surface area (TPSA) is 221 Å². The fourth-order valence-electron chi connectivity index (χ4n) is 5.59. The molecule has 0 aromatic heterocycles. The van der Waals surface area contributed by atoms with Crippen LogP contribution >= 0.6 is 0 Å². The van der Waals surface area contributed by atoms with Crippen molar-refractivity contribution in [1.29, 1.82) is 0 Å². The highest BCUT2D eigenvalue weighted by Gasteiger charge is 2.77. The molecule has 14 heteroatoms. The van der Waals surface area contributed by atoms with E-state index >= 15 is 0 Å².